The first kappa shape index (κ1) is 10.2. The average Bonchev–Trinajstić information content (AvgIpc) is 2.16. The van der Waals surface area contributed by atoms with Crippen molar-refractivity contribution in [2.75, 3.05) is 13.7 Å². The Morgan fingerprint density at radius 3 is 3.00 bits per heavy atom. The number of pyridine rings is 1. The lowest BCUT2D eigenvalue weighted by Crippen LogP contribution is -2.13. The predicted molar refractivity (Wildman–Crippen MR) is 49.8 cm³/mol. The number of hydrogen-bond acceptors (Lipinski definition) is 4. The Morgan fingerprint density at radius 2 is 2.46 bits per heavy atom. The first-order valence-corrected chi connectivity index (χ1v) is 4.15. The second-order valence-electron chi connectivity index (χ2n) is 2.47. The molecule has 72 valence electrons. The van der Waals surface area contributed by atoms with E-state index in [0.29, 0.717) is 11.3 Å². The van der Waals surface area contributed by atoms with Gasteiger partial charge < -0.3 is 15.6 Å². The summed E-state index contributed by atoms with van der Waals surface area (Å²) in [5.74, 6) is 0.498. The van der Waals surface area contributed by atoms with Gasteiger partial charge in [-0.15, -0.1) is 0 Å². The van der Waals surface area contributed by atoms with Crippen molar-refractivity contribution in [3.63, 3.8) is 0 Å². The Hall–Kier alpha value is -0.840. The fraction of sp³-hybridized carbons (Fsp3) is 0.375. The maximum atomic E-state index is 9.49. The first-order chi connectivity index (χ1) is 6.20. The van der Waals surface area contributed by atoms with Crippen LogP contribution in [0.5, 0.6) is 5.75 Å². The smallest absolute Gasteiger partial charge is 0.138 e. The van der Waals surface area contributed by atoms with Gasteiger partial charge in [-0.2, -0.15) is 0 Å². The number of nitrogens with zero attached hydrogens (tertiary/aromatic N) is 1. The zero-order valence-electron chi connectivity index (χ0n) is 7.20. The molecule has 0 spiro atoms. The largest absolute Gasteiger partial charge is 0.496 e. The van der Waals surface area contributed by atoms with E-state index in [1.165, 1.54) is 13.3 Å². The van der Waals surface area contributed by atoms with Crippen LogP contribution in [-0.2, 0) is 0 Å². The Labute approximate surface area is 81.3 Å². The number of rotatable bonds is 3. The fourth-order valence-corrected chi connectivity index (χ4v) is 1.30. The molecule has 4 nitrogen and oxygen atoms in total. The molecule has 0 saturated heterocycles. The minimum atomic E-state index is -0.837. The Balaban J connectivity index is 3.14. The molecule has 0 aliphatic heterocycles. The molecule has 13 heavy (non-hydrogen) atoms. The summed E-state index contributed by atoms with van der Waals surface area (Å²) in [5.41, 5.74) is 5.74. The van der Waals surface area contributed by atoms with Crippen molar-refractivity contribution < 1.29 is 9.84 Å². The van der Waals surface area contributed by atoms with Crippen LogP contribution in [0.4, 0.5) is 0 Å². The van der Waals surface area contributed by atoms with Crippen LogP contribution in [0.25, 0.3) is 0 Å². The Kier molecular flexibility index (Phi) is 3.48. The lowest BCUT2D eigenvalue weighted by molar-refractivity contribution is 0.182. The molecular formula is C8H11ClN2O2. The van der Waals surface area contributed by atoms with Gasteiger partial charge in [-0.3, -0.25) is 0 Å². The first-order valence-electron chi connectivity index (χ1n) is 3.77. The molecule has 0 fully saturated rings. The summed E-state index contributed by atoms with van der Waals surface area (Å²) in [5, 5.41) is 9.71. The van der Waals surface area contributed by atoms with Crippen LogP contribution in [0.15, 0.2) is 12.3 Å². The number of nitrogens with two attached hydrogens (primary N) is 1. The van der Waals surface area contributed by atoms with Gasteiger partial charge in [0.2, 0.25) is 0 Å². The number of methoxy groups -OCH3 is 1. The highest BCUT2D eigenvalue weighted by Crippen LogP contribution is 2.29. The predicted octanol–water partition coefficient (Wildman–Crippen LogP) is 0.736. The average molecular weight is 203 g/mol. The van der Waals surface area contributed by atoms with Crippen molar-refractivity contribution in [1.82, 2.24) is 4.98 Å². The molecule has 1 heterocycles. The molecule has 0 aromatic carbocycles. The SMILES string of the molecule is COc1ccnc(Cl)c1C(O)CN. The highest BCUT2D eigenvalue weighted by Gasteiger charge is 2.16. The van der Waals surface area contributed by atoms with E-state index in [0.717, 1.165) is 0 Å². The zero-order valence-corrected chi connectivity index (χ0v) is 7.95. The third-order valence-electron chi connectivity index (χ3n) is 1.68. The number of aliphatic hydroxyl groups excluding tert-OH is 1. The van der Waals surface area contributed by atoms with Crippen molar-refractivity contribution in [2.45, 2.75) is 6.10 Å². The molecule has 3 N–H and O–H groups in total. The topological polar surface area (TPSA) is 68.4 Å². The van der Waals surface area contributed by atoms with Crippen molar-refractivity contribution >= 4 is 11.6 Å². The molecule has 1 aromatic rings. The second-order valence-corrected chi connectivity index (χ2v) is 2.83. The molecule has 5 heteroatoms. The third-order valence-corrected chi connectivity index (χ3v) is 1.98. The third kappa shape index (κ3) is 2.09. The molecule has 1 unspecified atom stereocenters. The maximum Gasteiger partial charge on any atom is 0.138 e. The molecular weight excluding hydrogens is 192 g/mol. The summed E-state index contributed by atoms with van der Waals surface area (Å²) in [4.78, 5) is 3.83. The van der Waals surface area contributed by atoms with Crippen LogP contribution in [0.2, 0.25) is 5.15 Å². The molecule has 1 aromatic heterocycles. The van der Waals surface area contributed by atoms with Crippen LogP contribution in [0.3, 0.4) is 0 Å². The molecule has 0 amide bonds. The second kappa shape index (κ2) is 4.41. The number of ether oxygens (including phenoxy) is 1. The standard InChI is InChI=1S/C8H11ClN2O2/c1-13-6-2-3-11-8(9)7(6)5(12)4-10/h2-3,5,12H,4,10H2,1H3. The Morgan fingerprint density at radius 1 is 1.77 bits per heavy atom. The van der Waals surface area contributed by atoms with E-state index in [2.05, 4.69) is 4.98 Å². The number of aromatic nitrogens is 1. The summed E-state index contributed by atoms with van der Waals surface area (Å²) in [6, 6.07) is 1.63. The van der Waals surface area contributed by atoms with Gasteiger partial charge in [0.05, 0.1) is 18.8 Å². The van der Waals surface area contributed by atoms with Gasteiger partial charge in [-0.05, 0) is 6.07 Å². The van der Waals surface area contributed by atoms with E-state index in [1.54, 1.807) is 6.07 Å². The van der Waals surface area contributed by atoms with E-state index >= 15 is 0 Å². The molecule has 1 rings (SSSR count). The van der Waals surface area contributed by atoms with E-state index in [4.69, 9.17) is 22.1 Å². The number of halogens is 1. The summed E-state index contributed by atoms with van der Waals surface area (Å²) in [6.45, 7) is 0.0851. The van der Waals surface area contributed by atoms with Gasteiger partial charge in [0, 0.05) is 12.7 Å². The van der Waals surface area contributed by atoms with Crippen molar-refractivity contribution in [3.05, 3.63) is 23.0 Å². The van der Waals surface area contributed by atoms with Crippen molar-refractivity contribution in [3.8, 4) is 5.75 Å². The molecule has 1 atom stereocenters. The molecule has 0 aliphatic carbocycles. The van der Waals surface area contributed by atoms with Gasteiger partial charge >= 0.3 is 0 Å². The quantitative estimate of drug-likeness (QED) is 0.710. The van der Waals surface area contributed by atoms with Crippen LogP contribution in [0, 0.1) is 0 Å². The van der Waals surface area contributed by atoms with E-state index in [1.807, 2.05) is 0 Å². The lowest BCUT2D eigenvalue weighted by atomic mass is 10.1. The van der Waals surface area contributed by atoms with Gasteiger partial charge in [-0.25, -0.2) is 4.98 Å². The highest BCUT2D eigenvalue weighted by atomic mass is 35.5. The van der Waals surface area contributed by atoms with E-state index < -0.39 is 6.10 Å². The van der Waals surface area contributed by atoms with Crippen molar-refractivity contribution in [2.24, 2.45) is 5.73 Å². The monoisotopic (exact) mass is 202 g/mol. The highest BCUT2D eigenvalue weighted by molar-refractivity contribution is 6.30. The van der Waals surface area contributed by atoms with Crippen LogP contribution >= 0.6 is 11.6 Å². The minimum absolute atomic E-state index is 0.0851. The number of aliphatic hydroxyl groups is 1. The van der Waals surface area contributed by atoms with Gasteiger partial charge in [0.1, 0.15) is 10.9 Å². The Bertz CT molecular complexity index is 293. The minimum Gasteiger partial charge on any atom is -0.496 e. The lowest BCUT2D eigenvalue weighted by Gasteiger charge is -2.13. The van der Waals surface area contributed by atoms with E-state index in [-0.39, 0.29) is 11.7 Å². The van der Waals surface area contributed by atoms with Gasteiger partial charge in [0.25, 0.3) is 0 Å². The summed E-state index contributed by atoms with van der Waals surface area (Å²) >= 11 is 5.78. The maximum absolute atomic E-state index is 9.49. The van der Waals surface area contributed by atoms with Crippen molar-refractivity contribution in [1.29, 1.82) is 0 Å². The molecule has 0 aliphatic rings. The van der Waals surface area contributed by atoms with Gasteiger partial charge in [-0.1, -0.05) is 11.6 Å². The zero-order chi connectivity index (χ0) is 9.84. The van der Waals surface area contributed by atoms with Crippen LogP contribution < -0.4 is 10.5 Å². The van der Waals surface area contributed by atoms with E-state index in [9.17, 15) is 5.11 Å². The summed E-state index contributed by atoms with van der Waals surface area (Å²) in [7, 11) is 1.50. The molecule has 0 saturated carbocycles. The normalized spacial score (nSPS) is 12.6. The molecule has 0 bridgehead atoms. The summed E-state index contributed by atoms with van der Waals surface area (Å²) in [6.07, 6.45) is 0.671. The number of hydrogen-bond donors (Lipinski definition) is 2. The molecule has 0 radical (unpaired) electrons. The van der Waals surface area contributed by atoms with Gasteiger partial charge in [0.15, 0.2) is 0 Å². The van der Waals surface area contributed by atoms with Crippen LogP contribution in [-0.4, -0.2) is 23.7 Å². The summed E-state index contributed by atoms with van der Waals surface area (Å²) < 4.78 is 5.01. The fourth-order valence-electron chi connectivity index (χ4n) is 1.03. The van der Waals surface area contributed by atoms with Crippen LogP contribution in [0.1, 0.15) is 11.7 Å².